The number of nitrogens with one attached hydrogen (secondary N) is 1. The van der Waals surface area contributed by atoms with Crippen LogP contribution in [0, 0.1) is 19.7 Å². The van der Waals surface area contributed by atoms with E-state index in [-0.39, 0.29) is 11.4 Å². The van der Waals surface area contributed by atoms with Crippen molar-refractivity contribution in [3.05, 3.63) is 105 Å². The van der Waals surface area contributed by atoms with Crippen molar-refractivity contribution >= 4 is 63.1 Å². The van der Waals surface area contributed by atoms with Gasteiger partial charge in [0, 0.05) is 39.9 Å². The average molecular weight is 548 g/mol. The van der Waals surface area contributed by atoms with Gasteiger partial charge in [-0.1, -0.05) is 48.0 Å². The SMILES string of the molecule is Cc1cccc(NC(=O)CN2C(=O)S/C(=C\c3cn(Cc4ccc(F)cc4Cl)c4ccccc34)C2=O)c1C. The molecule has 1 aliphatic heterocycles. The van der Waals surface area contributed by atoms with Crippen molar-refractivity contribution in [1.29, 1.82) is 0 Å². The first-order valence-corrected chi connectivity index (χ1v) is 13.0. The summed E-state index contributed by atoms with van der Waals surface area (Å²) >= 11 is 7.05. The van der Waals surface area contributed by atoms with Gasteiger partial charge in [-0.15, -0.1) is 0 Å². The van der Waals surface area contributed by atoms with Gasteiger partial charge >= 0.3 is 0 Å². The zero-order chi connectivity index (χ0) is 27.0. The van der Waals surface area contributed by atoms with Crippen molar-refractivity contribution in [1.82, 2.24) is 9.47 Å². The van der Waals surface area contributed by atoms with Crippen molar-refractivity contribution in [3.8, 4) is 0 Å². The highest BCUT2D eigenvalue weighted by Crippen LogP contribution is 2.34. The summed E-state index contributed by atoms with van der Waals surface area (Å²) in [6.45, 7) is 3.86. The topological polar surface area (TPSA) is 71.4 Å². The predicted octanol–water partition coefficient (Wildman–Crippen LogP) is 6.77. The minimum absolute atomic E-state index is 0.234. The Morgan fingerprint density at radius 1 is 1.08 bits per heavy atom. The summed E-state index contributed by atoms with van der Waals surface area (Å²) in [5.74, 6) is -1.38. The number of hydrogen-bond acceptors (Lipinski definition) is 4. The van der Waals surface area contributed by atoms with Crippen LogP contribution in [0.1, 0.15) is 22.3 Å². The summed E-state index contributed by atoms with van der Waals surface area (Å²) in [5.41, 5.74) is 4.98. The lowest BCUT2D eigenvalue weighted by Crippen LogP contribution is -2.36. The third kappa shape index (κ3) is 5.10. The van der Waals surface area contributed by atoms with Crippen LogP contribution in [0.15, 0.2) is 71.8 Å². The van der Waals surface area contributed by atoms with Crippen LogP contribution in [-0.4, -0.2) is 33.1 Å². The number of anilines is 1. The van der Waals surface area contributed by atoms with Crippen LogP contribution in [0.4, 0.5) is 14.9 Å². The van der Waals surface area contributed by atoms with Gasteiger partial charge in [0.2, 0.25) is 5.91 Å². The molecule has 3 amide bonds. The number of aryl methyl sites for hydroxylation is 1. The number of halogens is 2. The van der Waals surface area contributed by atoms with Crippen LogP contribution in [0.3, 0.4) is 0 Å². The molecule has 192 valence electrons. The fourth-order valence-corrected chi connectivity index (χ4v) is 5.41. The van der Waals surface area contributed by atoms with Gasteiger partial charge in [0.15, 0.2) is 0 Å². The van der Waals surface area contributed by atoms with Crippen molar-refractivity contribution in [2.45, 2.75) is 20.4 Å². The lowest BCUT2D eigenvalue weighted by Gasteiger charge is -2.14. The quantitative estimate of drug-likeness (QED) is 0.270. The fraction of sp³-hybridized carbons (Fsp3) is 0.138. The third-order valence-corrected chi connectivity index (χ3v) is 7.78. The Labute approximate surface area is 228 Å². The van der Waals surface area contributed by atoms with Gasteiger partial charge in [0.1, 0.15) is 12.4 Å². The second-order valence-electron chi connectivity index (χ2n) is 9.03. The fourth-order valence-electron chi connectivity index (χ4n) is 4.35. The Hall–Kier alpha value is -3.88. The number of thioether (sulfide) groups is 1. The molecule has 0 aliphatic carbocycles. The van der Waals surface area contributed by atoms with Gasteiger partial charge in [-0.3, -0.25) is 19.3 Å². The van der Waals surface area contributed by atoms with E-state index in [0.29, 0.717) is 17.3 Å². The van der Waals surface area contributed by atoms with E-state index in [4.69, 9.17) is 11.6 Å². The minimum Gasteiger partial charge on any atom is -0.342 e. The molecule has 1 saturated heterocycles. The summed E-state index contributed by atoms with van der Waals surface area (Å²) in [5, 5.41) is 3.49. The van der Waals surface area contributed by atoms with Gasteiger partial charge in [-0.2, -0.15) is 0 Å². The van der Waals surface area contributed by atoms with Crippen LogP contribution < -0.4 is 5.32 Å². The molecule has 0 atom stereocenters. The number of rotatable bonds is 6. The molecule has 2 heterocycles. The number of para-hydroxylation sites is 1. The maximum Gasteiger partial charge on any atom is 0.294 e. The Balaban J connectivity index is 1.38. The summed E-state index contributed by atoms with van der Waals surface area (Å²) in [6.07, 6.45) is 3.53. The number of aromatic nitrogens is 1. The Morgan fingerprint density at radius 3 is 2.66 bits per heavy atom. The smallest absolute Gasteiger partial charge is 0.294 e. The molecule has 4 aromatic rings. The number of carbonyl (C=O) groups is 3. The number of nitrogens with zero attached hydrogens (tertiary/aromatic N) is 2. The maximum absolute atomic E-state index is 13.5. The standard InChI is InChI=1S/C29H23ClFN3O3S/c1-17-6-5-8-24(18(17)2)32-27(35)16-34-28(36)26(38-29(34)37)12-20-15-33(25-9-4-3-7-22(20)25)14-19-10-11-21(31)13-23(19)30/h3-13,15H,14,16H2,1-2H3,(H,32,35)/b26-12-. The first-order valence-electron chi connectivity index (χ1n) is 11.8. The maximum atomic E-state index is 13.5. The molecule has 1 N–H and O–H groups in total. The number of hydrogen-bond donors (Lipinski definition) is 1. The average Bonchev–Trinajstić information content (AvgIpc) is 3.35. The number of fused-ring (bicyclic) bond motifs is 1. The molecular weight excluding hydrogens is 525 g/mol. The second-order valence-corrected chi connectivity index (χ2v) is 10.4. The molecule has 1 aliphatic rings. The molecule has 6 nitrogen and oxygen atoms in total. The van der Waals surface area contributed by atoms with E-state index in [9.17, 15) is 18.8 Å². The van der Waals surface area contributed by atoms with Crippen LogP contribution in [0.5, 0.6) is 0 Å². The zero-order valence-corrected chi connectivity index (χ0v) is 22.2. The van der Waals surface area contributed by atoms with E-state index < -0.39 is 22.9 Å². The molecule has 0 spiro atoms. The van der Waals surface area contributed by atoms with E-state index >= 15 is 0 Å². The minimum atomic E-state index is -0.519. The summed E-state index contributed by atoms with van der Waals surface area (Å²) in [6, 6.07) is 17.5. The van der Waals surface area contributed by atoms with E-state index in [0.717, 1.165) is 49.8 Å². The normalized spacial score (nSPS) is 14.6. The van der Waals surface area contributed by atoms with Gasteiger partial charge in [-0.25, -0.2) is 4.39 Å². The highest BCUT2D eigenvalue weighted by atomic mass is 35.5. The number of carbonyl (C=O) groups excluding carboxylic acids is 3. The van der Waals surface area contributed by atoms with Gasteiger partial charge in [0.25, 0.3) is 11.1 Å². The molecule has 1 aromatic heterocycles. The molecular formula is C29H23ClFN3O3S. The van der Waals surface area contributed by atoms with Crippen LogP contribution in [-0.2, 0) is 16.1 Å². The van der Waals surface area contributed by atoms with Crippen LogP contribution >= 0.6 is 23.4 Å². The number of benzene rings is 3. The molecule has 5 rings (SSSR count). The van der Waals surface area contributed by atoms with E-state index in [1.165, 1.54) is 12.1 Å². The molecule has 0 unspecified atom stereocenters. The molecule has 0 bridgehead atoms. The second kappa shape index (κ2) is 10.5. The summed E-state index contributed by atoms with van der Waals surface area (Å²) < 4.78 is 15.5. The van der Waals surface area contributed by atoms with Gasteiger partial charge in [-0.05, 0) is 72.6 Å². The Morgan fingerprint density at radius 2 is 1.87 bits per heavy atom. The molecule has 1 fully saturated rings. The summed E-state index contributed by atoms with van der Waals surface area (Å²) in [4.78, 5) is 39.6. The lowest BCUT2D eigenvalue weighted by atomic mass is 10.1. The molecule has 3 aromatic carbocycles. The predicted molar refractivity (Wildman–Crippen MR) is 150 cm³/mol. The first kappa shape index (κ1) is 25.8. The number of amides is 3. The van der Waals surface area contributed by atoms with Crippen molar-refractivity contribution in [3.63, 3.8) is 0 Å². The van der Waals surface area contributed by atoms with E-state index in [1.807, 2.05) is 61.0 Å². The molecule has 38 heavy (non-hydrogen) atoms. The monoisotopic (exact) mass is 547 g/mol. The van der Waals surface area contributed by atoms with Crippen LogP contribution in [0.2, 0.25) is 5.02 Å². The van der Waals surface area contributed by atoms with Crippen molar-refractivity contribution < 1.29 is 18.8 Å². The molecule has 0 radical (unpaired) electrons. The van der Waals surface area contributed by atoms with E-state index in [2.05, 4.69) is 5.32 Å². The highest BCUT2D eigenvalue weighted by Gasteiger charge is 2.36. The van der Waals surface area contributed by atoms with Gasteiger partial charge in [0.05, 0.1) is 4.91 Å². The summed E-state index contributed by atoms with van der Waals surface area (Å²) in [7, 11) is 0. The molecule has 0 saturated carbocycles. The highest BCUT2D eigenvalue weighted by molar-refractivity contribution is 8.18. The van der Waals surface area contributed by atoms with Crippen molar-refractivity contribution in [2.24, 2.45) is 0 Å². The van der Waals surface area contributed by atoms with Gasteiger partial charge < -0.3 is 9.88 Å². The number of imide groups is 1. The Bertz CT molecular complexity index is 1650. The van der Waals surface area contributed by atoms with Crippen molar-refractivity contribution in [2.75, 3.05) is 11.9 Å². The largest absolute Gasteiger partial charge is 0.342 e. The third-order valence-electron chi connectivity index (χ3n) is 6.52. The lowest BCUT2D eigenvalue weighted by molar-refractivity contribution is -0.127. The van der Waals surface area contributed by atoms with Crippen LogP contribution in [0.25, 0.3) is 17.0 Å². The first-order chi connectivity index (χ1) is 18.2. The zero-order valence-electron chi connectivity index (χ0n) is 20.6. The van der Waals surface area contributed by atoms with E-state index in [1.54, 1.807) is 18.2 Å². The Kier molecular flexibility index (Phi) is 7.10. The molecule has 9 heteroatoms.